The number of hydrogen-bond donors (Lipinski definition) is 1. The van der Waals surface area contributed by atoms with Crippen molar-refractivity contribution in [2.24, 2.45) is 0 Å². The van der Waals surface area contributed by atoms with Crippen LogP contribution in [0.4, 0.5) is 4.79 Å². The van der Waals surface area contributed by atoms with Crippen molar-refractivity contribution < 1.29 is 14.3 Å². The number of piperidine rings is 1. The first kappa shape index (κ1) is 19.0. The summed E-state index contributed by atoms with van der Waals surface area (Å²) < 4.78 is 5.01. The third kappa shape index (κ3) is 5.94. The molecule has 2 aliphatic heterocycles. The van der Waals surface area contributed by atoms with Crippen molar-refractivity contribution in [2.45, 2.75) is 39.2 Å². The van der Waals surface area contributed by atoms with E-state index in [0.717, 1.165) is 52.1 Å². The van der Waals surface area contributed by atoms with E-state index in [0.29, 0.717) is 26.1 Å². The van der Waals surface area contributed by atoms with Crippen LogP contribution < -0.4 is 5.32 Å². The normalized spacial score (nSPS) is 20.8. The number of rotatable bonds is 6. The lowest BCUT2D eigenvalue weighted by atomic mass is 10.1. The molecule has 2 heterocycles. The molecular formula is C17H32N4O3. The van der Waals surface area contributed by atoms with Gasteiger partial charge in [0.1, 0.15) is 0 Å². The van der Waals surface area contributed by atoms with Gasteiger partial charge in [0, 0.05) is 58.3 Å². The van der Waals surface area contributed by atoms with Crippen LogP contribution in [0.2, 0.25) is 0 Å². The second-order valence-corrected chi connectivity index (χ2v) is 6.55. The lowest BCUT2D eigenvalue weighted by Crippen LogP contribution is -2.48. The Morgan fingerprint density at radius 1 is 1.00 bits per heavy atom. The molecule has 0 saturated carbocycles. The highest BCUT2D eigenvalue weighted by molar-refractivity contribution is 5.76. The van der Waals surface area contributed by atoms with Crippen molar-refractivity contribution in [3.63, 3.8) is 0 Å². The molecule has 0 aromatic heterocycles. The summed E-state index contributed by atoms with van der Waals surface area (Å²) in [4.78, 5) is 30.3. The van der Waals surface area contributed by atoms with E-state index in [1.165, 1.54) is 0 Å². The van der Waals surface area contributed by atoms with Crippen LogP contribution in [0.15, 0.2) is 0 Å². The highest BCUT2D eigenvalue weighted by Crippen LogP contribution is 2.12. The molecule has 2 aliphatic rings. The van der Waals surface area contributed by atoms with Gasteiger partial charge in [-0.15, -0.1) is 0 Å². The minimum absolute atomic E-state index is 0.127. The van der Waals surface area contributed by atoms with Gasteiger partial charge in [-0.25, -0.2) is 4.79 Å². The number of hydrogen-bond acceptors (Lipinski definition) is 5. The van der Waals surface area contributed by atoms with Crippen LogP contribution in [-0.4, -0.2) is 91.7 Å². The van der Waals surface area contributed by atoms with Gasteiger partial charge in [-0.2, -0.15) is 0 Å². The Labute approximate surface area is 145 Å². The SMILES string of the molecule is CCOC(=O)N1CCC(NC(=O)CCN2CCN(CC)CC2)CC1. The average Bonchev–Trinajstić information content (AvgIpc) is 2.61. The van der Waals surface area contributed by atoms with Gasteiger partial charge in [0.15, 0.2) is 0 Å². The molecular weight excluding hydrogens is 308 g/mol. The minimum atomic E-state index is -0.242. The molecule has 2 amide bonds. The first-order valence-corrected chi connectivity index (χ1v) is 9.28. The maximum Gasteiger partial charge on any atom is 0.409 e. The second-order valence-electron chi connectivity index (χ2n) is 6.55. The molecule has 0 atom stereocenters. The quantitative estimate of drug-likeness (QED) is 0.773. The Bertz CT molecular complexity index is 403. The number of amides is 2. The molecule has 0 spiro atoms. The van der Waals surface area contributed by atoms with E-state index in [2.05, 4.69) is 22.0 Å². The highest BCUT2D eigenvalue weighted by atomic mass is 16.6. The van der Waals surface area contributed by atoms with Crippen LogP contribution in [0, 0.1) is 0 Å². The number of carbonyl (C=O) groups is 2. The van der Waals surface area contributed by atoms with Gasteiger partial charge in [-0.1, -0.05) is 6.92 Å². The highest BCUT2D eigenvalue weighted by Gasteiger charge is 2.24. The number of carbonyl (C=O) groups excluding carboxylic acids is 2. The summed E-state index contributed by atoms with van der Waals surface area (Å²) in [5.41, 5.74) is 0. The Kier molecular flexibility index (Phi) is 7.78. The molecule has 0 aliphatic carbocycles. The Morgan fingerprint density at radius 2 is 1.62 bits per heavy atom. The summed E-state index contributed by atoms with van der Waals surface area (Å²) in [6, 6.07) is 0.181. The lowest BCUT2D eigenvalue weighted by Gasteiger charge is -2.34. The van der Waals surface area contributed by atoms with Crippen molar-refractivity contribution in [1.82, 2.24) is 20.0 Å². The third-order valence-corrected chi connectivity index (χ3v) is 4.95. The summed E-state index contributed by atoms with van der Waals surface area (Å²) in [5.74, 6) is 0.127. The van der Waals surface area contributed by atoms with E-state index in [-0.39, 0.29) is 18.0 Å². The van der Waals surface area contributed by atoms with Crippen molar-refractivity contribution in [2.75, 3.05) is 59.0 Å². The van der Waals surface area contributed by atoms with Crippen LogP contribution in [0.3, 0.4) is 0 Å². The van der Waals surface area contributed by atoms with Gasteiger partial charge < -0.3 is 24.8 Å². The molecule has 2 fully saturated rings. The Balaban J connectivity index is 1.59. The van der Waals surface area contributed by atoms with Crippen molar-refractivity contribution in [3.8, 4) is 0 Å². The van der Waals surface area contributed by atoms with Crippen molar-refractivity contribution >= 4 is 12.0 Å². The summed E-state index contributed by atoms with van der Waals surface area (Å²) in [5, 5.41) is 3.12. The van der Waals surface area contributed by atoms with Crippen LogP contribution in [0.5, 0.6) is 0 Å². The smallest absolute Gasteiger partial charge is 0.409 e. The van der Waals surface area contributed by atoms with Gasteiger partial charge in [0.25, 0.3) is 0 Å². The standard InChI is InChI=1S/C17H32N4O3/c1-3-19-11-13-20(14-12-19)8-7-16(22)18-15-5-9-21(10-6-15)17(23)24-4-2/h15H,3-14H2,1-2H3,(H,18,22). The minimum Gasteiger partial charge on any atom is -0.450 e. The van der Waals surface area contributed by atoms with Crippen LogP contribution in [-0.2, 0) is 9.53 Å². The molecule has 2 rings (SSSR count). The number of piperazine rings is 1. The fraction of sp³-hybridized carbons (Fsp3) is 0.882. The average molecular weight is 340 g/mol. The fourth-order valence-electron chi connectivity index (χ4n) is 3.31. The predicted octanol–water partition coefficient (Wildman–Crippen LogP) is 0.751. The van der Waals surface area contributed by atoms with Gasteiger partial charge in [-0.05, 0) is 26.3 Å². The number of nitrogens with zero attached hydrogens (tertiary/aromatic N) is 3. The molecule has 0 unspecified atom stereocenters. The van der Waals surface area contributed by atoms with Gasteiger partial charge in [-0.3, -0.25) is 4.79 Å². The maximum atomic E-state index is 12.1. The first-order chi connectivity index (χ1) is 11.6. The monoisotopic (exact) mass is 340 g/mol. The largest absolute Gasteiger partial charge is 0.450 e. The molecule has 0 aromatic rings. The Hall–Kier alpha value is -1.34. The number of likely N-dealkylation sites (tertiary alicyclic amines) is 1. The molecule has 7 heteroatoms. The van der Waals surface area contributed by atoms with E-state index in [1.807, 2.05) is 6.92 Å². The molecule has 0 aromatic carbocycles. The van der Waals surface area contributed by atoms with Gasteiger partial charge in [0.2, 0.25) is 5.91 Å². The summed E-state index contributed by atoms with van der Waals surface area (Å²) in [7, 11) is 0. The third-order valence-electron chi connectivity index (χ3n) is 4.95. The first-order valence-electron chi connectivity index (χ1n) is 9.28. The summed E-state index contributed by atoms with van der Waals surface area (Å²) in [6.45, 7) is 12.0. The van der Waals surface area contributed by atoms with Crippen LogP contribution >= 0.6 is 0 Å². The Morgan fingerprint density at radius 3 is 2.21 bits per heavy atom. The maximum absolute atomic E-state index is 12.1. The summed E-state index contributed by atoms with van der Waals surface area (Å²) in [6.07, 6.45) is 1.93. The zero-order valence-corrected chi connectivity index (χ0v) is 15.1. The number of nitrogens with one attached hydrogen (secondary N) is 1. The topological polar surface area (TPSA) is 65.1 Å². The van der Waals surface area contributed by atoms with Gasteiger partial charge in [0.05, 0.1) is 6.61 Å². The molecule has 1 N–H and O–H groups in total. The molecule has 24 heavy (non-hydrogen) atoms. The molecule has 2 saturated heterocycles. The second kappa shape index (κ2) is 9.84. The van der Waals surface area contributed by atoms with Crippen molar-refractivity contribution in [1.29, 1.82) is 0 Å². The molecule has 7 nitrogen and oxygen atoms in total. The van der Waals surface area contributed by atoms with E-state index in [9.17, 15) is 9.59 Å². The van der Waals surface area contributed by atoms with E-state index in [4.69, 9.17) is 4.74 Å². The molecule has 138 valence electrons. The zero-order chi connectivity index (χ0) is 17.4. The summed E-state index contributed by atoms with van der Waals surface area (Å²) >= 11 is 0. The fourth-order valence-corrected chi connectivity index (χ4v) is 3.31. The predicted molar refractivity (Wildman–Crippen MR) is 92.9 cm³/mol. The van der Waals surface area contributed by atoms with Crippen LogP contribution in [0.1, 0.15) is 33.1 Å². The lowest BCUT2D eigenvalue weighted by molar-refractivity contribution is -0.122. The van der Waals surface area contributed by atoms with E-state index < -0.39 is 0 Å². The zero-order valence-electron chi connectivity index (χ0n) is 15.1. The van der Waals surface area contributed by atoms with E-state index >= 15 is 0 Å². The van der Waals surface area contributed by atoms with Crippen molar-refractivity contribution in [3.05, 3.63) is 0 Å². The number of likely N-dealkylation sites (N-methyl/N-ethyl adjacent to an activating group) is 1. The van der Waals surface area contributed by atoms with Crippen LogP contribution in [0.25, 0.3) is 0 Å². The molecule has 0 radical (unpaired) electrons. The number of ether oxygens (including phenoxy) is 1. The molecule has 0 bridgehead atoms. The van der Waals surface area contributed by atoms with Gasteiger partial charge >= 0.3 is 6.09 Å². The van der Waals surface area contributed by atoms with E-state index in [1.54, 1.807) is 4.90 Å².